The number of rotatable bonds is 3. The maximum absolute atomic E-state index is 12.6. The number of benzene rings is 1. The van der Waals surface area contributed by atoms with Crippen molar-refractivity contribution in [2.24, 2.45) is 5.92 Å². The van der Waals surface area contributed by atoms with Crippen LogP contribution in [0.2, 0.25) is 0 Å². The summed E-state index contributed by atoms with van der Waals surface area (Å²) in [6.45, 7) is 5.93. The van der Waals surface area contributed by atoms with Gasteiger partial charge >= 0.3 is 0 Å². The number of amides is 1. The summed E-state index contributed by atoms with van der Waals surface area (Å²) in [6, 6.07) is 9.88. The Kier molecular flexibility index (Phi) is 4.27. The summed E-state index contributed by atoms with van der Waals surface area (Å²) in [5.74, 6) is 0.906. The molecule has 1 aliphatic rings. The lowest BCUT2D eigenvalue weighted by molar-refractivity contribution is -0.135. The van der Waals surface area contributed by atoms with Gasteiger partial charge in [-0.1, -0.05) is 37.3 Å². The van der Waals surface area contributed by atoms with Gasteiger partial charge < -0.3 is 4.90 Å². The lowest BCUT2D eigenvalue weighted by atomic mass is 9.99. The number of aromatic nitrogens is 2. The molecule has 1 aromatic heterocycles. The van der Waals surface area contributed by atoms with Gasteiger partial charge in [-0.15, -0.1) is 0 Å². The van der Waals surface area contributed by atoms with Gasteiger partial charge in [-0.3, -0.25) is 9.48 Å². The maximum atomic E-state index is 12.6. The van der Waals surface area contributed by atoms with Crippen LogP contribution in [0.3, 0.4) is 0 Å². The molecule has 22 heavy (non-hydrogen) atoms. The van der Waals surface area contributed by atoms with Crippen LogP contribution >= 0.6 is 0 Å². The molecule has 1 atom stereocenters. The third-order valence-electron chi connectivity index (χ3n) is 4.56. The molecule has 0 unspecified atom stereocenters. The fraction of sp³-hybridized carbons (Fsp3) is 0.444. The van der Waals surface area contributed by atoms with Crippen molar-refractivity contribution in [2.45, 2.75) is 32.7 Å². The van der Waals surface area contributed by atoms with Crippen LogP contribution in [0, 0.1) is 5.92 Å². The van der Waals surface area contributed by atoms with Crippen LogP contribution in [0.4, 0.5) is 0 Å². The first-order valence-corrected chi connectivity index (χ1v) is 8.03. The zero-order chi connectivity index (χ0) is 15.5. The molecule has 4 nitrogen and oxygen atoms in total. The predicted molar refractivity (Wildman–Crippen MR) is 87.4 cm³/mol. The minimum absolute atomic E-state index is 0.176. The normalized spacial score (nSPS) is 17.5. The van der Waals surface area contributed by atoms with E-state index in [1.807, 2.05) is 42.4 Å². The van der Waals surface area contributed by atoms with E-state index in [-0.39, 0.29) is 11.9 Å². The highest BCUT2D eigenvalue weighted by Crippen LogP contribution is 2.22. The lowest BCUT2D eigenvalue weighted by Crippen LogP contribution is -2.41. The first-order valence-electron chi connectivity index (χ1n) is 8.03. The van der Waals surface area contributed by atoms with E-state index in [4.69, 9.17) is 0 Å². The largest absolute Gasteiger partial charge is 0.341 e. The average Bonchev–Trinajstić information content (AvgIpc) is 3.05. The van der Waals surface area contributed by atoms with E-state index in [9.17, 15) is 4.79 Å². The number of carbonyl (C=O) groups is 1. The number of nitrogens with zero attached hydrogens (tertiary/aromatic N) is 3. The van der Waals surface area contributed by atoms with Gasteiger partial charge in [-0.2, -0.15) is 5.10 Å². The molecule has 0 saturated carbocycles. The SMILES string of the molecule is CC1CCN(C(=O)[C@H](C)n2cc(-c3ccccc3)cn2)CC1. The van der Waals surface area contributed by atoms with Crippen molar-refractivity contribution in [1.29, 1.82) is 0 Å². The molecule has 1 aromatic carbocycles. The van der Waals surface area contributed by atoms with Crippen molar-refractivity contribution in [3.8, 4) is 11.1 Å². The Bertz CT molecular complexity index is 627. The molecule has 3 rings (SSSR count). The Balaban J connectivity index is 1.71. The van der Waals surface area contributed by atoms with Gasteiger partial charge in [0.1, 0.15) is 6.04 Å². The van der Waals surface area contributed by atoms with Crippen molar-refractivity contribution in [1.82, 2.24) is 14.7 Å². The van der Waals surface area contributed by atoms with Crippen LogP contribution in [-0.4, -0.2) is 33.7 Å². The van der Waals surface area contributed by atoms with Crippen LogP contribution in [0.5, 0.6) is 0 Å². The molecule has 2 aromatic rings. The minimum atomic E-state index is -0.245. The Labute approximate surface area is 131 Å². The van der Waals surface area contributed by atoms with Crippen LogP contribution in [0.1, 0.15) is 32.7 Å². The molecule has 1 fully saturated rings. The number of hydrogen-bond acceptors (Lipinski definition) is 2. The molecule has 0 N–H and O–H groups in total. The Morgan fingerprint density at radius 2 is 1.86 bits per heavy atom. The average molecular weight is 297 g/mol. The first-order chi connectivity index (χ1) is 10.6. The second-order valence-corrected chi connectivity index (χ2v) is 6.26. The molecule has 0 aliphatic carbocycles. The van der Waals surface area contributed by atoms with E-state index in [1.165, 1.54) is 0 Å². The molecule has 2 heterocycles. The summed E-state index contributed by atoms with van der Waals surface area (Å²) in [5.41, 5.74) is 2.17. The quantitative estimate of drug-likeness (QED) is 0.871. The topological polar surface area (TPSA) is 38.1 Å². The van der Waals surface area contributed by atoms with E-state index < -0.39 is 0 Å². The smallest absolute Gasteiger partial charge is 0.247 e. The molecule has 0 spiro atoms. The fourth-order valence-electron chi connectivity index (χ4n) is 2.94. The molecule has 116 valence electrons. The van der Waals surface area contributed by atoms with Gasteiger partial charge in [0.2, 0.25) is 5.91 Å². The second kappa shape index (κ2) is 6.34. The highest BCUT2D eigenvalue weighted by Gasteiger charge is 2.25. The molecular weight excluding hydrogens is 274 g/mol. The zero-order valence-corrected chi connectivity index (χ0v) is 13.3. The summed E-state index contributed by atoms with van der Waals surface area (Å²) in [4.78, 5) is 14.6. The molecule has 0 bridgehead atoms. The van der Waals surface area contributed by atoms with Gasteiger partial charge in [-0.25, -0.2) is 0 Å². The number of piperidine rings is 1. The van der Waals surface area contributed by atoms with E-state index in [1.54, 1.807) is 4.68 Å². The molecule has 1 saturated heterocycles. The van der Waals surface area contributed by atoms with Crippen molar-refractivity contribution in [3.63, 3.8) is 0 Å². The number of carbonyl (C=O) groups excluding carboxylic acids is 1. The maximum Gasteiger partial charge on any atom is 0.247 e. The summed E-state index contributed by atoms with van der Waals surface area (Å²) < 4.78 is 1.78. The molecule has 0 radical (unpaired) electrons. The van der Waals surface area contributed by atoms with Crippen molar-refractivity contribution < 1.29 is 4.79 Å². The summed E-state index contributed by atoms with van der Waals surface area (Å²) in [6.07, 6.45) is 6.00. The minimum Gasteiger partial charge on any atom is -0.341 e. The molecule has 1 aliphatic heterocycles. The zero-order valence-electron chi connectivity index (χ0n) is 13.3. The highest BCUT2D eigenvalue weighted by atomic mass is 16.2. The standard InChI is InChI=1S/C18H23N3O/c1-14-8-10-20(11-9-14)18(22)15(2)21-13-17(12-19-21)16-6-4-3-5-7-16/h3-7,12-15H,8-11H2,1-2H3/t15-/m0/s1. The predicted octanol–water partition coefficient (Wildman–Crippen LogP) is 3.37. The Hall–Kier alpha value is -2.10. The van der Waals surface area contributed by atoms with E-state index >= 15 is 0 Å². The number of hydrogen-bond donors (Lipinski definition) is 0. The van der Waals surface area contributed by atoms with Crippen molar-refractivity contribution >= 4 is 5.91 Å². The number of likely N-dealkylation sites (tertiary alicyclic amines) is 1. The first kappa shape index (κ1) is 14.8. The Morgan fingerprint density at radius 3 is 2.55 bits per heavy atom. The van der Waals surface area contributed by atoms with Gasteiger partial charge in [0, 0.05) is 24.8 Å². The van der Waals surface area contributed by atoms with E-state index in [0.717, 1.165) is 43.0 Å². The van der Waals surface area contributed by atoms with Crippen molar-refractivity contribution in [2.75, 3.05) is 13.1 Å². The summed E-state index contributed by atoms with van der Waals surface area (Å²) in [7, 11) is 0. The van der Waals surface area contributed by atoms with Crippen LogP contribution in [0.25, 0.3) is 11.1 Å². The fourth-order valence-corrected chi connectivity index (χ4v) is 2.94. The van der Waals surface area contributed by atoms with Gasteiger partial charge in [0.05, 0.1) is 6.20 Å². The van der Waals surface area contributed by atoms with Crippen LogP contribution < -0.4 is 0 Å². The Morgan fingerprint density at radius 1 is 1.18 bits per heavy atom. The van der Waals surface area contributed by atoms with Crippen LogP contribution in [-0.2, 0) is 4.79 Å². The second-order valence-electron chi connectivity index (χ2n) is 6.26. The molecule has 1 amide bonds. The van der Waals surface area contributed by atoms with Crippen molar-refractivity contribution in [3.05, 3.63) is 42.7 Å². The van der Waals surface area contributed by atoms with Gasteiger partial charge in [0.15, 0.2) is 0 Å². The van der Waals surface area contributed by atoms with Gasteiger partial charge in [-0.05, 0) is 31.2 Å². The van der Waals surface area contributed by atoms with E-state index in [0.29, 0.717) is 0 Å². The summed E-state index contributed by atoms with van der Waals surface area (Å²) >= 11 is 0. The highest BCUT2D eigenvalue weighted by molar-refractivity contribution is 5.80. The molecule has 4 heteroatoms. The van der Waals surface area contributed by atoms with Gasteiger partial charge in [0.25, 0.3) is 0 Å². The third-order valence-corrected chi connectivity index (χ3v) is 4.56. The molecular formula is C18H23N3O. The monoisotopic (exact) mass is 297 g/mol. The van der Waals surface area contributed by atoms with E-state index in [2.05, 4.69) is 24.2 Å². The lowest BCUT2D eigenvalue weighted by Gasteiger charge is -2.32. The third kappa shape index (κ3) is 3.06. The summed E-state index contributed by atoms with van der Waals surface area (Å²) in [5, 5.41) is 4.39. The van der Waals surface area contributed by atoms with Crippen LogP contribution in [0.15, 0.2) is 42.7 Å².